The maximum atomic E-state index is 13.6. The highest BCUT2D eigenvalue weighted by Gasteiger charge is 2.43. The lowest BCUT2D eigenvalue weighted by Crippen LogP contribution is -2.40. The number of para-hydroxylation sites is 1. The van der Waals surface area contributed by atoms with Crippen molar-refractivity contribution in [1.82, 2.24) is 14.9 Å². The van der Waals surface area contributed by atoms with E-state index in [0.29, 0.717) is 54.4 Å². The number of halogens is 3. The lowest BCUT2D eigenvalue weighted by atomic mass is 9.98. The second-order valence-corrected chi connectivity index (χ2v) is 14.2. The van der Waals surface area contributed by atoms with Gasteiger partial charge in [0.2, 0.25) is 0 Å². The zero-order valence-corrected chi connectivity index (χ0v) is 26.0. The summed E-state index contributed by atoms with van der Waals surface area (Å²) in [5.41, 5.74) is 1.79. The fraction of sp³-hybridized carbons (Fsp3) is 0.393. The van der Waals surface area contributed by atoms with Crippen molar-refractivity contribution in [3.05, 3.63) is 52.9 Å². The van der Waals surface area contributed by atoms with E-state index in [9.17, 15) is 31.2 Å². The summed E-state index contributed by atoms with van der Waals surface area (Å²) in [7, 11) is -3.85. The Morgan fingerprint density at radius 1 is 1.23 bits per heavy atom. The minimum Gasteiger partial charge on any atom is -0.386 e. The minimum absolute atomic E-state index is 0.123. The third-order valence-electron chi connectivity index (χ3n) is 7.01. The number of anilines is 1. The van der Waals surface area contributed by atoms with Crippen LogP contribution in [0.25, 0.3) is 21.6 Å². The first kappa shape index (κ1) is 32.1. The summed E-state index contributed by atoms with van der Waals surface area (Å²) in [6.45, 7) is 3.82. The lowest BCUT2D eigenvalue weighted by Gasteiger charge is -2.30. The molecule has 1 N–H and O–H groups in total. The summed E-state index contributed by atoms with van der Waals surface area (Å²) >= 11 is 2.54. The first-order valence-corrected chi connectivity index (χ1v) is 16.9. The first-order valence-electron chi connectivity index (χ1n) is 13.7. The molecule has 236 valence electrons. The summed E-state index contributed by atoms with van der Waals surface area (Å²) < 4.78 is 75.9. The Morgan fingerprint density at radius 3 is 2.77 bits per heavy atom. The van der Waals surface area contributed by atoms with Crippen LogP contribution in [0.15, 0.2) is 52.2 Å². The number of alkyl halides is 3. The molecule has 1 aromatic carbocycles. The number of rotatable bonds is 11. The third-order valence-corrected chi connectivity index (χ3v) is 11.2. The molecule has 0 saturated carbocycles. The van der Waals surface area contributed by atoms with Gasteiger partial charge in [-0.15, -0.1) is 22.7 Å². The molecule has 1 aliphatic rings. The number of nitrogens with one attached hydrogen (secondary N) is 1. The molecule has 4 aromatic rings. The van der Waals surface area contributed by atoms with Gasteiger partial charge in [-0.1, -0.05) is 18.2 Å². The molecule has 1 unspecified atom stereocenters. The fourth-order valence-corrected chi connectivity index (χ4v) is 8.48. The van der Waals surface area contributed by atoms with Gasteiger partial charge in [0.15, 0.2) is 0 Å². The fourth-order valence-electron chi connectivity index (χ4n) is 4.99. The van der Waals surface area contributed by atoms with Crippen LogP contribution in [0.3, 0.4) is 0 Å². The van der Waals surface area contributed by atoms with Gasteiger partial charge in [0, 0.05) is 36.2 Å². The number of aromatic amines is 1. The number of sulfonamides is 1. The van der Waals surface area contributed by atoms with E-state index in [-0.39, 0.29) is 23.9 Å². The molecule has 0 aliphatic carbocycles. The molecule has 1 atom stereocenters. The van der Waals surface area contributed by atoms with Gasteiger partial charge in [-0.25, -0.2) is 18.2 Å². The van der Waals surface area contributed by atoms with Gasteiger partial charge in [0.05, 0.1) is 36.0 Å². The van der Waals surface area contributed by atoms with E-state index < -0.39 is 34.1 Å². The molecule has 0 bridgehead atoms. The summed E-state index contributed by atoms with van der Waals surface area (Å²) in [5.74, 6) is -4.52. The number of carbonyl (C=O) groups excluding carboxylic acids is 2. The molecular weight excluding hydrogens is 642 g/mol. The molecule has 0 spiro atoms. The van der Waals surface area contributed by atoms with E-state index in [1.807, 2.05) is 24.0 Å². The van der Waals surface area contributed by atoms with Crippen LogP contribution < -0.4 is 4.31 Å². The summed E-state index contributed by atoms with van der Waals surface area (Å²) in [6, 6.07) is 10.6. The Morgan fingerprint density at radius 2 is 2.05 bits per heavy atom. The number of piperidine rings is 1. The van der Waals surface area contributed by atoms with Crippen LogP contribution in [-0.4, -0.2) is 74.2 Å². The van der Waals surface area contributed by atoms with Crippen molar-refractivity contribution >= 4 is 61.2 Å². The summed E-state index contributed by atoms with van der Waals surface area (Å²) in [4.78, 5) is 33.9. The largest absolute Gasteiger partial charge is 0.491 e. The van der Waals surface area contributed by atoms with Gasteiger partial charge in [-0.2, -0.15) is 13.2 Å². The van der Waals surface area contributed by atoms with Gasteiger partial charge < -0.3 is 14.5 Å². The quantitative estimate of drug-likeness (QED) is 0.127. The van der Waals surface area contributed by atoms with Crippen LogP contribution in [0.4, 0.5) is 18.9 Å². The van der Waals surface area contributed by atoms with Gasteiger partial charge in [-0.3, -0.25) is 14.0 Å². The van der Waals surface area contributed by atoms with E-state index in [4.69, 9.17) is 4.74 Å². The van der Waals surface area contributed by atoms with Gasteiger partial charge in [-0.05, 0) is 49.9 Å². The first-order chi connectivity index (χ1) is 21.0. The zero-order chi connectivity index (χ0) is 31.5. The monoisotopic (exact) mass is 670 g/mol. The van der Waals surface area contributed by atoms with Gasteiger partial charge in [0.1, 0.15) is 9.22 Å². The maximum Gasteiger partial charge on any atom is 0.491 e. The Kier molecular flexibility index (Phi) is 9.74. The number of ether oxygens (including phenoxy) is 2. The number of thiazole rings is 1. The van der Waals surface area contributed by atoms with Crippen molar-refractivity contribution < 1.29 is 40.7 Å². The maximum absolute atomic E-state index is 13.6. The topological polar surface area (TPSA) is 122 Å². The molecule has 5 rings (SSSR count). The van der Waals surface area contributed by atoms with Crippen molar-refractivity contribution in [3.63, 3.8) is 0 Å². The van der Waals surface area contributed by atoms with E-state index in [0.717, 1.165) is 21.6 Å². The van der Waals surface area contributed by atoms with Crippen LogP contribution in [0.5, 0.6) is 0 Å². The van der Waals surface area contributed by atoms with Crippen molar-refractivity contribution in [2.24, 2.45) is 5.92 Å². The standard InChI is InChI=1S/C28H29F3N4O6S3/c1-2-40-12-11-35(44(38,39)23-9-5-13-42-23)22-8-3-6-18-14-21(33-24(18)22)25-32-15-20(43-25)17-34-10-4-7-19(16-34)26(36)41-27(37)28(29,30)31/h3,5-6,8-9,13-15,19,33H,2,4,7,10-12,16-17H2,1H3. The van der Waals surface area contributed by atoms with Crippen LogP contribution in [0, 0.1) is 5.92 Å². The van der Waals surface area contributed by atoms with Gasteiger partial charge in [0.25, 0.3) is 10.0 Å². The number of nitrogens with zero attached hydrogens (tertiary/aromatic N) is 3. The average molecular weight is 671 g/mol. The minimum atomic E-state index is -5.23. The molecule has 1 aliphatic heterocycles. The molecule has 1 saturated heterocycles. The molecule has 4 heterocycles. The number of likely N-dealkylation sites (tertiary alicyclic amines) is 1. The van der Waals surface area contributed by atoms with Crippen molar-refractivity contribution in [2.45, 2.75) is 36.7 Å². The molecule has 16 heteroatoms. The van der Waals surface area contributed by atoms with Crippen molar-refractivity contribution in [3.8, 4) is 10.7 Å². The van der Waals surface area contributed by atoms with Crippen LogP contribution in [0.2, 0.25) is 0 Å². The normalized spacial score (nSPS) is 16.3. The smallest absolute Gasteiger partial charge is 0.386 e. The predicted molar refractivity (Wildman–Crippen MR) is 160 cm³/mol. The SMILES string of the molecule is CCOCCN(c1cccc2cc(-c3ncc(CN4CCCC(C(=O)OC(=O)C(F)(F)F)C4)s3)[nH]c12)S(=O)(=O)c1cccs1. The van der Waals surface area contributed by atoms with Crippen LogP contribution in [-0.2, 0) is 35.6 Å². The second kappa shape index (κ2) is 13.4. The van der Waals surface area contributed by atoms with Crippen LogP contribution in [0.1, 0.15) is 24.6 Å². The highest BCUT2D eigenvalue weighted by atomic mass is 32.2. The van der Waals surface area contributed by atoms with Crippen molar-refractivity contribution in [2.75, 3.05) is 37.2 Å². The number of carbonyl (C=O) groups is 2. The van der Waals surface area contributed by atoms with Crippen molar-refractivity contribution in [1.29, 1.82) is 0 Å². The summed E-state index contributed by atoms with van der Waals surface area (Å²) in [5, 5.41) is 3.17. The Hall–Kier alpha value is -3.31. The number of benzene rings is 1. The number of aromatic nitrogens is 2. The van der Waals surface area contributed by atoms with E-state index in [2.05, 4.69) is 14.7 Å². The third kappa shape index (κ3) is 7.15. The van der Waals surface area contributed by atoms with E-state index >= 15 is 0 Å². The average Bonchev–Trinajstić information content (AvgIpc) is 3.76. The Balaban J connectivity index is 1.34. The van der Waals surface area contributed by atoms with E-state index in [1.54, 1.807) is 35.8 Å². The zero-order valence-electron chi connectivity index (χ0n) is 23.5. The second-order valence-electron chi connectivity index (χ2n) is 10.0. The molecule has 0 amide bonds. The number of hydrogen-bond acceptors (Lipinski definition) is 10. The molecule has 3 aromatic heterocycles. The number of esters is 2. The predicted octanol–water partition coefficient (Wildman–Crippen LogP) is 5.43. The number of hydrogen-bond donors (Lipinski definition) is 1. The number of fused-ring (bicyclic) bond motifs is 1. The van der Waals surface area contributed by atoms with E-state index in [1.165, 1.54) is 15.6 Å². The van der Waals surface area contributed by atoms with Gasteiger partial charge >= 0.3 is 18.1 Å². The molecule has 44 heavy (non-hydrogen) atoms. The Bertz CT molecular complexity index is 1720. The molecule has 0 radical (unpaired) electrons. The number of thiophene rings is 1. The highest BCUT2D eigenvalue weighted by Crippen LogP contribution is 2.36. The molecule has 1 fully saturated rings. The lowest BCUT2D eigenvalue weighted by molar-refractivity contribution is -0.203. The molecular formula is C28H29F3N4O6S3. The highest BCUT2D eigenvalue weighted by molar-refractivity contribution is 7.94. The van der Waals surface area contributed by atoms with Crippen LogP contribution >= 0.6 is 22.7 Å². The molecule has 10 nitrogen and oxygen atoms in total. The number of H-pyrrole nitrogens is 1. The summed E-state index contributed by atoms with van der Waals surface area (Å²) in [6.07, 6.45) is -2.65. The Labute approximate surface area is 259 Å².